The third kappa shape index (κ3) is 31.8. The highest BCUT2D eigenvalue weighted by Crippen LogP contribution is 2.64. The van der Waals surface area contributed by atoms with Gasteiger partial charge < -0.3 is 19.1 Å². The number of rotatable bonds is 48. The van der Waals surface area contributed by atoms with Gasteiger partial charge in [0.25, 0.3) is 0 Å². The monoisotopic (exact) mass is 1000 g/mol. The van der Waals surface area contributed by atoms with E-state index in [1.165, 1.54) is 173 Å². The summed E-state index contributed by atoms with van der Waals surface area (Å²) < 4.78 is 17.7. The number of fused-ring (bicyclic) bond motifs is 2. The Hall–Kier alpha value is -1.63. The summed E-state index contributed by atoms with van der Waals surface area (Å²) in [4.78, 5) is 41.0. The molecule has 2 aliphatic carbocycles. The lowest BCUT2D eigenvalue weighted by molar-refractivity contribution is -0.145. The number of ether oxygens (including phenoxy) is 3. The lowest BCUT2D eigenvalue weighted by Gasteiger charge is -2.58. The summed E-state index contributed by atoms with van der Waals surface area (Å²) in [6.45, 7) is 23.1. The van der Waals surface area contributed by atoms with Gasteiger partial charge in [-0.15, -0.1) is 0 Å². The van der Waals surface area contributed by atoms with E-state index in [0.29, 0.717) is 45.0 Å². The molecule has 71 heavy (non-hydrogen) atoms. The maximum atomic E-state index is 13.1. The van der Waals surface area contributed by atoms with Gasteiger partial charge >= 0.3 is 17.9 Å². The zero-order valence-electron chi connectivity index (χ0n) is 48.9. The molecule has 0 aliphatic heterocycles. The highest BCUT2D eigenvalue weighted by Gasteiger charge is 2.52. The smallest absolute Gasteiger partial charge is 0.305 e. The molecular weight excluding hydrogens is 879 g/mol. The van der Waals surface area contributed by atoms with Crippen LogP contribution >= 0.6 is 0 Å². The number of esters is 3. The number of carbonyl (C=O) groups is 3. The van der Waals surface area contributed by atoms with Crippen molar-refractivity contribution in [2.24, 2.45) is 34.0 Å². The minimum atomic E-state index is -0.0554. The standard InChI is InChI=1S/C64H121NO6/c1-9-15-19-21-25-37-56(35-23-17-11-3)39-27-29-41-59(66)69-48-32-44-62(7)51-58-52-63(8,45-33-49-70-61(68)43-31-47-65(13-5)14-6)55-64(53-58,54-62)46-34-50-71-60(67)42-30-28-40-57(36-24-18-12-4)38-26-22-20-16-10-2/h56-58H,9-55H2,1-8H3. The van der Waals surface area contributed by atoms with Crippen LogP contribution in [0.2, 0.25) is 0 Å². The van der Waals surface area contributed by atoms with Crippen molar-refractivity contribution in [2.45, 2.75) is 319 Å². The third-order valence-electron chi connectivity index (χ3n) is 17.5. The first-order valence-electron chi connectivity index (χ1n) is 31.6. The summed E-state index contributed by atoms with van der Waals surface area (Å²) in [5, 5.41) is 0. The summed E-state index contributed by atoms with van der Waals surface area (Å²) >= 11 is 0. The van der Waals surface area contributed by atoms with Crippen LogP contribution < -0.4 is 0 Å². The highest BCUT2D eigenvalue weighted by atomic mass is 16.5. The van der Waals surface area contributed by atoms with Crippen LogP contribution in [0.4, 0.5) is 0 Å². The van der Waals surface area contributed by atoms with Crippen LogP contribution in [0.1, 0.15) is 319 Å². The van der Waals surface area contributed by atoms with Crippen molar-refractivity contribution in [1.29, 1.82) is 0 Å². The number of hydrogen-bond donors (Lipinski definition) is 0. The summed E-state index contributed by atoms with van der Waals surface area (Å²) in [6.07, 6.45) is 48.2. The van der Waals surface area contributed by atoms with Crippen molar-refractivity contribution in [2.75, 3.05) is 39.5 Å². The molecule has 7 heteroatoms. The van der Waals surface area contributed by atoms with Gasteiger partial charge in [0.15, 0.2) is 0 Å². The average molecular weight is 1000 g/mol. The van der Waals surface area contributed by atoms with E-state index in [1.54, 1.807) is 0 Å². The Bertz CT molecular complexity index is 1320. The van der Waals surface area contributed by atoms with Gasteiger partial charge in [-0.05, 0) is 144 Å². The van der Waals surface area contributed by atoms with Crippen molar-refractivity contribution >= 4 is 17.9 Å². The first-order chi connectivity index (χ1) is 34.4. The summed E-state index contributed by atoms with van der Waals surface area (Å²) in [5.41, 5.74) is 0.628. The van der Waals surface area contributed by atoms with E-state index in [0.717, 1.165) is 102 Å². The van der Waals surface area contributed by atoms with Crippen molar-refractivity contribution in [1.82, 2.24) is 4.90 Å². The highest BCUT2D eigenvalue weighted by molar-refractivity contribution is 5.69. The third-order valence-corrected chi connectivity index (χ3v) is 17.5. The number of nitrogens with zero attached hydrogens (tertiary/aromatic N) is 1. The predicted molar refractivity (Wildman–Crippen MR) is 302 cm³/mol. The molecule has 2 aliphatic rings. The molecule has 2 rings (SSSR count). The minimum absolute atomic E-state index is 0.00960. The topological polar surface area (TPSA) is 82.1 Å². The van der Waals surface area contributed by atoms with E-state index < -0.39 is 0 Å². The molecule has 0 radical (unpaired) electrons. The Morgan fingerprint density at radius 3 is 1.15 bits per heavy atom. The molecule has 2 saturated carbocycles. The fraction of sp³-hybridized carbons (Fsp3) is 0.953. The molecule has 418 valence electrons. The zero-order chi connectivity index (χ0) is 51.9. The van der Waals surface area contributed by atoms with Gasteiger partial charge in [0.1, 0.15) is 0 Å². The lowest BCUT2D eigenvalue weighted by Crippen LogP contribution is -2.47. The molecule has 0 aromatic heterocycles. The summed E-state index contributed by atoms with van der Waals surface area (Å²) in [7, 11) is 0. The molecule has 6 atom stereocenters. The lowest BCUT2D eigenvalue weighted by atomic mass is 9.47. The van der Waals surface area contributed by atoms with Gasteiger partial charge in [0, 0.05) is 19.3 Å². The van der Waals surface area contributed by atoms with Crippen molar-refractivity contribution in [3.05, 3.63) is 0 Å². The molecule has 2 fully saturated rings. The normalized spacial score (nSPS) is 21.8. The van der Waals surface area contributed by atoms with E-state index in [-0.39, 0.29) is 34.2 Å². The molecule has 2 bridgehead atoms. The van der Waals surface area contributed by atoms with Crippen LogP contribution in [0.3, 0.4) is 0 Å². The second-order valence-electron chi connectivity index (χ2n) is 24.7. The molecule has 0 heterocycles. The molecule has 0 aromatic carbocycles. The maximum absolute atomic E-state index is 13.1. The average Bonchev–Trinajstić information content (AvgIpc) is 3.33. The van der Waals surface area contributed by atoms with Gasteiger partial charge in [-0.3, -0.25) is 14.4 Å². The maximum Gasteiger partial charge on any atom is 0.305 e. The van der Waals surface area contributed by atoms with Crippen LogP contribution in [0.15, 0.2) is 0 Å². The minimum Gasteiger partial charge on any atom is -0.466 e. The van der Waals surface area contributed by atoms with Crippen LogP contribution in [-0.4, -0.2) is 62.3 Å². The number of carbonyl (C=O) groups excluding carboxylic acids is 3. The predicted octanol–water partition coefficient (Wildman–Crippen LogP) is 18.9. The quantitative estimate of drug-likeness (QED) is 0.0341. The van der Waals surface area contributed by atoms with E-state index >= 15 is 0 Å². The summed E-state index contributed by atoms with van der Waals surface area (Å²) in [6, 6.07) is 0. The van der Waals surface area contributed by atoms with E-state index in [2.05, 4.69) is 60.3 Å². The number of unbranched alkanes of at least 4 members (excludes halogenated alkanes) is 14. The fourth-order valence-corrected chi connectivity index (χ4v) is 14.0. The molecule has 6 unspecified atom stereocenters. The van der Waals surface area contributed by atoms with E-state index in [4.69, 9.17) is 14.2 Å². The van der Waals surface area contributed by atoms with Crippen molar-refractivity contribution < 1.29 is 28.6 Å². The van der Waals surface area contributed by atoms with E-state index in [9.17, 15) is 14.4 Å². The molecule has 0 amide bonds. The first kappa shape index (κ1) is 65.5. The van der Waals surface area contributed by atoms with Gasteiger partial charge in [-0.25, -0.2) is 0 Å². The Labute approximate surface area is 441 Å². The molecular formula is C64H121NO6. The molecule has 0 N–H and O–H groups in total. The van der Waals surface area contributed by atoms with Crippen molar-refractivity contribution in [3.63, 3.8) is 0 Å². The Balaban J connectivity index is 1.92. The Morgan fingerprint density at radius 1 is 0.423 bits per heavy atom. The molecule has 0 aromatic rings. The Morgan fingerprint density at radius 2 is 0.761 bits per heavy atom. The second-order valence-corrected chi connectivity index (χ2v) is 24.7. The molecule has 0 saturated heterocycles. The van der Waals surface area contributed by atoms with Crippen LogP contribution in [0.5, 0.6) is 0 Å². The van der Waals surface area contributed by atoms with Gasteiger partial charge in [-0.1, -0.05) is 209 Å². The van der Waals surface area contributed by atoms with Crippen LogP contribution in [0, 0.1) is 34.0 Å². The van der Waals surface area contributed by atoms with Crippen LogP contribution in [-0.2, 0) is 28.6 Å². The Kier molecular flexibility index (Phi) is 37.5. The van der Waals surface area contributed by atoms with Gasteiger partial charge in [-0.2, -0.15) is 0 Å². The van der Waals surface area contributed by atoms with Gasteiger partial charge in [0.05, 0.1) is 19.8 Å². The van der Waals surface area contributed by atoms with Crippen molar-refractivity contribution in [3.8, 4) is 0 Å². The zero-order valence-corrected chi connectivity index (χ0v) is 48.9. The molecule has 7 nitrogen and oxygen atoms in total. The first-order valence-corrected chi connectivity index (χ1v) is 31.6. The largest absolute Gasteiger partial charge is 0.466 e. The number of hydrogen-bond acceptors (Lipinski definition) is 7. The van der Waals surface area contributed by atoms with E-state index in [1.807, 2.05) is 0 Å². The fourth-order valence-electron chi connectivity index (χ4n) is 14.0. The molecule has 0 spiro atoms. The van der Waals surface area contributed by atoms with Gasteiger partial charge in [0.2, 0.25) is 0 Å². The SMILES string of the molecule is CCCCCCCC(CCCCC)CCCCC(=O)OCCCC1(C)CC2CC(C)(CCCOC(=O)CCCN(CC)CC)CC(CCCOC(=O)CCCCC(CCCCC)CCCCCCC)(C2)C1. The van der Waals surface area contributed by atoms with Crippen LogP contribution in [0.25, 0.3) is 0 Å². The second kappa shape index (κ2) is 40.7. The summed E-state index contributed by atoms with van der Waals surface area (Å²) in [5.74, 6) is 2.21.